The van der Waals surface area contributed by atoms with Gasteiger partial charge in [0.25, 0.3) is 0 Å². The van der Waals surface area contributed by atoms with Crippen molar-refractivity contribution >= 4 is 18.0 Å². The molecule has 0 radical (unpaired) electrons. The van der Waals surface area contributed by atoms with Crippen LogP contribution in [0.4, 0.5) is 22.4 Å². The summed E-state index contributed by atoms with van der Waals surface area (Å²) < 4.78 is 68.3. The molecule has 214 valence electrons. The smallest absolute Gasteiger partial charge is 0.408 e. The van der Waals surface area contributed by atoms with E-state index < -0.39 is 48.9 Å². The van der Waals surface area contributed by atoms with Crippen LogP contribution in [0.2, 0.25) is 0 Å². The number of alkyl carbamates (subject to hydrolysis) is 1. The lowest BCUT2D eigenvalue weighted by molar-refractivity contribution is -0.145. The molecule has 0 aromatic heterocycles. The van der Waals surface area contributed by atoms with Gasteiger partial charge in [0.1, 0.15) is 29.2 Å². The van der Waals surface area contributed by atoms with Gasteiger partial charge in [0.05, 0.1) is 7.11 Å². The van der Waals surface area contributed by atoms with Crippen molar-refractivity contribution in [1.82, 2.24) is 10.6 Å². The predicted molar refractivity (Wildman–Crippen MR) is 131 cm³/mol. The highest BCUT2D eigenvalue weighted by Gasteiger charge is 2.29. The Labute approximate surface area is 222 Å². The van der Waals surface area contributed by atoms with Crippen molar-refractivity contribution in [3.05, 3.63) is 59.7 Å². The van der Waals surface area contributed by atoms with Crippen LogP contribution >= 0.6 is 0 Å². The number of rotatable bonds is 12. The van der Waals surface area contributed by atoms with Gasteiger partial charge < -0.3 is 29.6 Å². The fourth-order valence-electron chi connectivity index (χ4n) is 3.35. The van der Waals surface area contributed by atoms with Crippen LogP contribution in [0.15, 0.2) is 48.5 Å². The second-order valence-corrected chi connectivity index (χ2v) is 9.24. The number of nitrogens with one attached hydrogen (secondary N) is 2. The molecule has 0 aliphatic rings. The van der Waals surface area contributed by atoms with Gasteiger partial charge in [0.2, 0.25) is 5.91 Å². The number of hydrogen-bond donors (Lipinski definition) is 2. The monoisotopic (exact) mass is 558 g/mol. The van der Waals surface area contributed by atoms with Crippen LogP contribution < -0.4 is 20.1 Å². The molecule has 0 saturated heterocycles. The van der Waals surface area contributed by atoms with E-state index in [-0.39, 0.29) is 24.3 Å². The van der Waals surface area contributed by atoms with E-state index in [0.717, 1.165) is 7.11 Å². The number of esters is 1. The van der Waals surface area contributed by atoms with E-state index in [4.69, 9.17) is 9.47 Å². The first kappa shape index (κ1) is 31.2. The van der Waals surface area contributed by atoms with Crippen LogP contribution in [-0.4, -0.2) is 56.0 Å². The number of benzene rings is 2. The predicted octanol–water partition coefficient (Wildman–Crippen LogP) is 4.23. The van der Waals surface area contributed by atoms with Crippen molar-refractivity contribution in [1.29, 1.82) is 0 Å². The number of halogens is 4. The van der Waals surface area contributed by atoms with Gasteiger partial charge in [-0.25, -0.2) is 9.59 Å². The molecule has 13 heteroatoms. The molecule has 39 heavy (non-hydrogen) atoms. The third-order valence-electron chi connectivity index (χ3n) is 4.99. The highest BCUT2D eigenvalue weighted by atomic mass is 19.3. The summed E-state index contributed by atoms with van der Waals surface area (Å²) >= 11 is 0. The average Bonchev–Trinajstić information content (AvgIpc) is 2.83. The van der Waals surface area contributed by atoms with E-state index in [9.17, 15) is 31.9 Å². The van der Waals surface area contributed by atoms with Crippen LogP contribution in [0.3, 0.4) is 0 Å². The van der Waals surface area contributed by atoms with E-state index in [1.54, 1.807) is 20.8 Å². The van der Waals surface area contributed by atoms with E-state index in [0.29, 0.717) is 11.1 Å². The molecule has 0 unspecified atom stereocenters. The Kier molecular flexibility index (Phi) is 11.4. The Morgan fingerprint density at radius 2 is 1.18 bits per heavy atom. The van der Waals surface area contributed by atoms with E-state index in [2.05, 4.69) is 20.1 Å². The molecule has 2 atom stereocenters. The fraction of sp³-hybridized carbons (Fsp3) is 0.423. The summed E-state index contributed by atoms with van der Waals surface area (Å²) in [6.45, 7) is -1.11. The van der Waals surface area contributed by atoms with Crippen LogP contribution in [0.1, 0.15) is 31.9 Å². The fourth-order valence-corrected chi connectivity index (χ4v) is 3.35. The number of ether oxygens (including phenoxy) is 4. The number of carbonyl (C=O) groups is 3. The van der Waals surface area contributed by atoms with E-state index in [1.807, 2.05) is 0 Å². The molecule has 0 heterocycles. The molecular formula is C26H30F4N2O7. The third kappa shape index (κ3) is 11.5. The van der Waals surface area contributed by atoms with Crippen LogP contribution in [0.5, 0.6) is 11.5 Å². The maximum Gasteiger partial charge on any atom is 0.408 e. The molecule has 2 N–H and O–H groups in total. The summed E-state index contributed by atoms with van der Waals surface area (Å²) in [5.41, 5.74) is 0.115. The lowest BCUT2D eigenvalue weighted by Crippen LogP contribution is -2.53. The Hall–Kier alpha value is -4.03. The summed E-state index contributed by atoms with van der Waals surface area (Å²) in [4.78, 5) is 38.1. The maximum absolute atomic E-state index is 13.2. The number of methoxy groups -OCH3 is 1. The zero-order valence-electron chi connectivity index (χ0n) is 21.7. The van der Waals surface area contributed by atoms with Crippen LogP contribution in [0, 0.1) is 0 Å². The van der Waals surface area contributed by atoms with Crippen LogP contribution in [0.25, 0.3) is 0 Å². The molecular weight excluding hydrogens is 528 g/mol. The zero-order chi connectivity index (χ0) is 29.2. The maximum atomic E-state index is 13.2. The summed E-state index contributed by atoms with van der Waals surface area (Å²) in [7, 11) is 1.13. The quantitative estimate of drug-likeness (QED) is 0.296. The van der Waals surface area contributed by atoms with Gasteiger partial charge in [-0.15, -0.1) is 0 Å². The van der Waals surface area contributed by atoms with Crippen molar-refractivity contribution in [2.24, 2.45) is 0 Å². The van der Waals surface area contributed by atoms with Gasteiger partial charge in [-0.1, -0.05) is 24.3 Å². The van der Waals surface area contributed by atoms with Gasteiger partial charge in [-0.2, -0.15) is 17.6 Å². The van der Waals surface area contributed by atoms with Gasteiger partial charge >= 0.3 is 25.3 Å². The SMILES string of the molecule is COC(=O)[C@H](Cc1ccc(OC(F)F)cc1)NC(=O)[C@@H](Cc1ccc(OC(F)F)cc1)NC(=O)OC(C)(C)C. The van der Waals surface area contributed by atoms with E-state index >= 15 is 0 Å². The Morgan fingerprint density at radius 3 is 1.56 bits per heavy atom. The topological polar surface area (TPSA) is 112 Å². The van der Waals surface area contributed by atoms with Gasteiger partial charge in [0.15, 0.2) is 0 Å². The van der Waals surface area contributed by atoms with Crippen molar-refractivity contribution in [2.45, 2.75) is 64.5 Å². The summed E-state index contributed by atoms with van der Waals surface area (Å²) in [6, 6.07) is 8.46. The molecule has 2 aromatic carbocycles. The van der Waals surface area contributed by atoms with Crippen molar-refractivity contribution in [3.63, 3.8) is 0 Å². The standard InChI is InChI=1S/C26H30F4N2O7/c1-26(2,3)39-25(35)32-19(13-15-5-9-17(10-6-15)37-23(27)28)21(33)31-20(22(34)36-4)14-16-7-11-18(12-8-16)38-24(29)30/h5-12,19-20,23-24H,13-14H2,1-4H3,(H,31,33)(H,32,35)/t19-,20+/m1/s1. The second kappa shape index (κ2) is 14.2. The summed E-state index contributed by atoms with van der Waals surface area (Å²) in [5.74, 6) is -1.73. The molecule has 0 aliphatic heterocycles. The average molecular weight is 559 g/mol. The lowest BCUT2D eigenvalue weighted by atomic mass is 10.0. The minimum absolute atomic E-state index is 0.0633. The Morgan fingerprint density at radius 1 is 0.744 bits per heavy atom. The van der Waals surface area contributed by atoms with Gasteiger partial charge in [0, 0.05) is 12.8 Å². The van der Waals surface area contributed by atoms with Crippen LogP contribution in [-0.2, 0) is 31.9 Å². The molecule has 9 nitrogen and oxygen atoms in total. The zero-order valence-corrected chi connectivity index (χ0v) is 21.7. The minimum atomic E-state index is -3.01. The number of carbonyl (C=O) groups excluding carboxylic acids is 3. The molecule has 0 aliphatic carbocycles. The largest absolute Gasteiger partial charge is 0.467 e. The molecule has 0 spiro atoms. The van der Waals surface area contributed by atoms with Crippen molar-refractivity contribution in [2.75, 3.05) is 7.11 Å². The first-order chi connectivity index (χ1) is 18.3. The highest BCUT2D eigenvalue weighted by Crippen LogP contribution is 2.18. The number of hydrogen-bond acceptors (Lipinski definition) is 7. The summed E-state index contributed by atoms with van der Waals surface area (Å²) in [5, 5.41) is 4.99. The van der Waals surface area contributed by atoms with Gasteiger partial charge in [-0.3, -0.25) is 4.79 Å². The second-order valence-electron chi connectivity index (χ2n) is 9.24. The van der Waals surface area contributed by atoms with Crippen molar-refractivity contribution in [3.8, 4) is 11.5 Å². The molecule has 2 rings (SSSR count). The highest BCUT2D eigenvalue weighted by molar-refractivity contribution is 5.90. The molecule has 0 saturated carbocycles. The lowest BCUT2D eigenvalue weighted by Gasteiger charge is -2.25. The molecule has 2 aromatic rings. The molecule has 2 amide bonds. The number of alkyl halides is 4. The normalized spacial score (nSPS) is 12.9. The third-order valence-corrected chi connectivity index (χ3v) is 4.99. The summed E-state index contributed by atoms with van der Waals surface area (Å²) in [6.07, 6.45) is -1.05. The van der Waals surface area contributed by atoms with Crippen molar-refractivity contribution < 1.29 is 50.9 Å². The molecule has 0 bridgehead atoms. The van der Waals surface area contributed by atoms with Gasteiger partial charge in [-0.05, 0) is 56.2 Å². The Balaban J connectivity index is 2.22. The molecule has 0 fully saturated rings. The Bertz CT molecular complexity index is 1090. The minimum Gasteiger partial charge on any atom is -0.467 e. The number of amides is 2. The van der Waals surface area contributed by atoms with E-state index in [1.165, 1.54) is 48.5 Å². The first-order valence-electron chi connectivity index (χ1n) is 11.7. The first-order valence-corrected chi connectivity index (χ1v) is 11.7.